The predicted molar refractivity (Wildman–Crippen MR) is 63.1 cm³/mol. The molecule has 1 atom stereocenters. The minimum absolute atomic E-state index is 0.102. The summed E-state index contributed by atoms with van der Waals surface area (Å²) in [5, 5.41) is 0. The summed E-state index contributed by atoms with van der Waals surface area (Å²) in [6, 6.07) is 0. The number of rotatable bonds is 8. The molecule has 0 radical (unpaired) electrons. The summed E-state index contributed by atoms with van der Waals surface area (Å²) >= 11 is 0. The van der Waals surface area contributed by atoms with Gasteiger partial charge < -0.3 is 15.2 Å². The molecule has 0 aliphatic rings. The highest BCUT2D eigenvalue weighted by molar-refractivity contribution is 4.85. The molecule has 0 aliphatic carbocycles. The van der Waals surface area contributed by atoms with Gasteiger partial charge in [0.15, 0.2) is 0 Å². The van der Waals surface area contributed by atoms with E-state index in [1.807, 2.05) is 13.8 Å². The standard InChI is InChI=1S/C11H26N2O2/c1-10(2)15-7-6-13(4)11(3,8-12)9-14-5/h10H,6-9,12H2,1-5H3. The highest BCUT2D eigenvalue weighted by Crippen LogP contribution is 2.11. The Morgan fingerprint density at radius 3 is 2.40 bits per heavy atom. The Kier molecular flexibility index (Phi) is 7.09. The smallest absolute Gasteiger partial charge is 0.0656 e. The lowest BCUT2D eigenvalue weighted by Gasteiger charge is -2.37. The Labute approximate surface area is 93.7 Å². The van der Waals surface area contributed by atoms with Crippen molar-refractivity contribution in [1.29, 1.82) is 0 Å². The van der Waals surface area contributed by atoms with Crippen molar-refractivity contribution in [2.75, 3.05) is 40.5 Å². The molecule has 0 aromatic rings. The lowest BCUT2D eigenvalue weighted by atomic mass is 10.0. The van der Waals surface area contributed by atoms with Crippen molar-refractivity contribution in [2.45, 2.75) is 32.4 Å². The summed E-state index contributed by atoms with van der Waals surface area (Å²) in [6.07, 6.45) is 0.282. The second kappa shape index (κ2) is 7.17. The molecular formula is C11H26N2O2. The van der Waals surface area contributed by atoms with Crippen LogP contribution in [0.25, 0.3) is 0 Å². The Morgan fingerprint density at radius 1 is 1.40 bits per heavy atom. The molecule has 0 aromatic heterocycles. The van der Waals surface area contributed by atoms with E-state index in [2.05, 4.69) is 18.9 Å². The summed E-state index contributed by atoms with van der Waals surface area (Å²) in [4.78, 5) is 2.19. The molecule has 1 unspecified atom stereocenters. The molecule has 0 spiro atoms. The molecule has 0 bridgehead atoms. The number of hydrogen-bond acceptors (Lipinski definition) is 4. The van der Waals surface area contributed by atoms with E-state index in [1.165, 1.54) is 0 Å². The molecule has 0 saturated heterocycles. The number of methoxy groups -OCH3 is 1. The molecule has 4 heteroatoms. The Bertz CT molecular complexity index is 165. The molecule has 0 amide bonds. The van der Waals surface area contributed by atoms with Crippen LogP contribution in [0.4, 0.5) is 0 Å². The maximum absolute atomic E-state index is 5.76. The van der Waals surface area contributed by atoms with Crippen LogP contribution >= 0.6 is 0 Å². The minimum atomic E-state index is -0.102. The molecular weight excluding hydrogens is 192 g/mol. The maximum Gasteiger partial charge on any atom is 0.0656 e. The van der Waals surface area contributed by atoms with E-state index in [4.69, 9.17) is 15.2 Å². The molecule has 0 aliphatic heterocycles. The van der Waals surface area contributed by atoms with E-state index < -0.39 is 0 Å². The van der Waals surface area contributed by atoms with Crippen molar-refractivity contribution in [3.05, 3.63) is 0 Å². The van der Waals surface area contributed by atoms with Crippen molar-refractivity contribution in [2.24, 2.45) is 5.73 Å². The quantitative estimate of drug-likeness (QED) is 0.652. The molecule has 92 valence electrons. The molecule has 2 N–H and O–H groups in total. The third kappa shape index (κ3) is 5.47. The first-order valence-corrected chi connectivity index (χ1v) is 5.48. The fourth-order valence-electron chi connectivity index (χ4n) is 1.33. The average Bonchev–Trinajstić information content (AvgIpc) is 2.17. The van der Waals surface area contributed by atoms with Gasteiger partial charge in [0.25, 0.3) is 0 Å². The molecule has 0 saturated carbocycles. The van der Waals surface area contributed by atoms with Crippen LogP contribution < -0.4 is 5.73 Å². The maximum atomic E-state index is 5.76. The van der Waals surface area contributed by atoms with E-state index in [0.717, 1.165) is 13.2 Å². The van der Waals surface area contributed by atoms with E-state index in [9.17, 15) is 0 Å². The predicted octanol–water partition coefficient (Wildman–Crippen LogP) is 0.707. The third-order valence-electron chi connectivity index (χ3n) is 2.69. The number of nitrogens with two attached hydrogens (primary N) is 1. The van der Waals surface area contributed by atoms with Crippen LogP contribution in [0.3, 0.4) is 0 Å². The van der Waals surface area contributed by atoms with Gasteiger partial charge in [0.1, 0.15) is 0 Å². The van der Waals surface area contributed by atoms with Crippen molar-refractivity contribution >= 4 is 0 Å². The first-order valence-electron chi connectivity index (χ1n) is 5.48. The number of likely N-dealkylation sites (N-methyl/N-ethyl adjacent to an activating group) is 1. The summed E-state index contributed by atoms with van der Waals surface area (Å²) in [5.74, 6) is 0. The molecule has 0 fully saturated rings. The molecule has 4 nitrogen and oxygen atoms in total. The lowest BCUT2D eigenvalue weighted by molar-refractivity contribution is 0.00902. The van der Waals surface area contributed by atoms with Crippen molar-refractivity contribution in [3.8, 4) is 0 Å². The zero-order valence-electron chi connectivity index (χ0n) is 10.7. The van der Waals surface area contributed by atoms with Gasteiger partial charge in [-0.15, -0.1) is 0 Å². The monoisotopic (exact) mass is 218 g/mol. The number of ether oxygens (including phenoxy) is 2. The van der Waals surface area contributed by atoms with Crippen LogP contribution in [0.15, 0.2) is 0 Å². The van der Waals surface area contributed by atoms with Crippen LogP contribution in [0, 0.1) is 0 Å². The van der Waals surface area contributed by atoms with Crippen molar-refractivity contribution in [1.82, 2.24) is 4.90 Å². The van der Waals surface area contributed by atoms with E-state index in [1.54, 1.807) is 7.11 Å². The number of hydrogen-bond donors (Lipinski definition) is 1. The summed E-state index contributed by atoms with van der Waals surface area (Å²) in [5.41, 5.74) is 5.66. The highest BCUT2D eigenvalue weighted by atomic mass is 16.5. The Balaban J connectivity index is 3.98. The molecule has 0 aromatic carbocycles. The van der Waals surface area contributed by atoms with Gasteiger partial charge in [-0.3, -0.25) is 4.90 Å². The van der Waals surface area contributed by atoms with Crippen LogP contribution in [-0.4, -0.2) is 57.0 Å². The van der Waals surface area contributed by atoms with Gasteiger partial charge in [-0.2, -0.15) is 0 Å². The van der Waals surface area contributed by atoms with Gasteiger partial charge >= 0.3 is 0 Å². The second-order valence-electron chi connectivity index (χ2n) is 4.48. The Hall–Kier alpha value is -0.160. The van der Waals surface area contributed by atoms with Crippen molar-refractivity contribution < 1.29 is 9.47 Å². The topological polar surface area (TPSA) is 47.7 Å². The lowest BCUT2D eigenvalue weighted by Crippen LogP contribution is -2.53. The SMILES string of the molecule is COCC(C)(CN)N(C)CCOC(C)C. The minimum Gasteiger partial charge on any atom is -0.383 e. The highest BCUT2D eigenvalue weighted by Gasteiger charge is 2.27. The van der Waals surface area contributed by atoms with Crippen LogP contribution in [0.2, 0.25) is 0 Å². The normalized spacial score (nSPS) is 16.0. The van der Waals surface area contributed by atoms with E-state index in [0.29, 0.717) is 13.2 Å². The largest absolute Gasteiger partial charge is 0.383 e. The Morgan fingerprint density at radius 2 is 2.00 bits per heavy atom. The van der Waals surface area contributed by atoms with E-state index >= 15 is 0 Å². The summed E-state index contributed by atoms with van der Waals surface area (Å²) in [7, 11) is 3.75. The molecule has 0 heterocycles. The molecule has 15 heavy (non-hydrogen) atoms. The summed E-state index contributed by atoms with van der Waals surface area (Å²) in [6.45, 7) is 9.00. The van der Waals surface area contributed by atoms with Gasteiger partial charge in [-0.1, -0.05) is 0 Å². The van der Waals surface area contributed by atoms with Gasteiger partial charge in [0.2, 0.25) is 0 Å². The van der Waals surface area contributed by atoms with Crippen molar-refractivity contribution in [3.63, 3.8) is 0 Å². The zero-order chi connectivity index (χ0) is 11.9. The van der Waals surface area contributed by atoms with Crippen LogP contribution in [0.5, 0.6) is 0 Å². The molecule has 0 rings (SSSR count). The van der Waals surface area contributed by atoms with Gasteiger partial charge in [0, 0.05) is 20.2 Å². The van der Waals surface area contributed by atoms with Gasteiger partial charge in [0.05, 0.1) is 24.9 Å². The van der Waals surface area contributed by atoms with Gasteiger partial charge in [-0.05, 0) is 27.8 Å². The second-order valence-corrected chi connectivity index (χ2v) is 4.48. The van der Waals surface area contributed by atoms with E-state index in [-0.39, 0.29) is 11.6 Å². The van der Waals surface area contributed by atoms with Gasteiger partial charge in [-0.25, -0.2) is 0 Å². The summed E-state index contributed by atoms with van der Waals surface area (Å²) < 4.78 is 10.7. The van der Waals surface area contributed by atoms with Crippen LogP contribution in [-0.2, 0) is 9.47 Å². The first-order chi connectivity index (χ1) is 6.96. The third-order valence-corrected chi connectivity index (χ3v) is 2.69. The van der Waals surface area contributed by atoms with Crippen LogP contribution in [0.1, 0.15) is 20.8 Å². The average molecular weight is 218 g/mol. The number of nitrogens with zero attached hydrogens (tertiary/aromatic N) is 1. The zero-order valence-corrected chi connectivity index (χ0v) is 10.7. The first kappa shape index (κ1) is 14.8. The fourth-order valence-corrected chi connectivity index (χ4v) is 1.33. The fraction of sp³-hybridized carbons (Fsp3) is 1.00.